The summed E-state index contributed by atoms with van der Waals surface area (Å²) in [5.74, 6) is -0.458. The fraction of sp³-hybridized carbons (Fsp3) is 0.100. The number of benzene rings is 2. The van der Waals surface area contributed by atoms with Crippen molar-refractivity contribution >= 4 is 28.1 Å². The molecule has 1 N–H and O–H groups in total. The second kappa shape index (κ2) is 8.19. The molecule has 9 heteroatoms. The van der Waals surface area contributed by atoms with Gasteiger partial charge in [0.15, 0.2) is 5.69 Å². The van der Waals surface area contributed by atoms with Crippen molar-refractivity contribution in [1.82, 2.24) is 15.2 Å². The van der Waals surface area contributed by atoms with E-state index in [0.717, 1.165) is 0 Å². The Morgan fingerprint density at radius 3 is 2.62 bits per heavy atom. The molecular formula is C20H14FN3O4S. The minimum absolute atomic E-state index is 0.0373. The summed E-state index contributed by atoms with van der Waals surface area (Å²) in [7, 11) is 0. The molecule has 2 heterocycles. The van der Waals surface area contributed by atoms with Gasteiger partial charge in [0.1, 0.15) is 29.8 Å². The van der Waals surface area contributed by atoms with Crippen molar-refractivity contribution in [2.45, 2.75) is 13.2 Å². The van der Waals surface area contributed by atoms with Crippen LogP contribution in [0.3, 0.4) is 0 Å². The van der Waals surface area contributed by atoms with E-state index in [9.17, 15) is 14.0 Å². The molecule has 2 aromatic heterocycles. The van der Waals surface area contributed by atoms with Gasteiger partial charge in [0.25, 0.3) is 5.56 Å². The van der Waals surface area contributed by atoms with E-state index in [0.29, 0.717) is 27.2 Å². The molecule has 0 amide bonds. The number of hydrogen-bond acceptors (Lipinski definition) is 7. The zero-order valence-electron chi connectivity index (χ0n) is 14.9. The maximum Gasteiger partial charge on any atom is 0.359 e. The summed E-state index contributed by atoms with van der Waals surface area (Å²) in [6.45, 7) is 0.178. The molecule has 0 spiro atoms. The summed E-state index contributed by atoms with van der Waals surface area (Å²) in [6, 6.07) is 12.4. The Hall–Kier alpha value is -3.59. The van der Waals surface area contributed by atoms with Gasteiger partial charge in [-0.3, -0.25) is 4.79 Å². The third kappa shape index (κ3) is 4.30. The zero-order chi connectivity index (χ0) is 20.2. The molecule has 4 aromatic rings. The summed E-state index contributed by atoms with van der Waals surface area (Å²) in [4.78, 5) is 28.6. The summed E-state index contributed by atoms with van der Waals surface area (Å²) in [5.41, 5.74) is 0.229. The van der Waals surface area contributed by atoms with Crippen molar-refractivity contribution in [1.29, 1.82) is 0 Å². The van der Waals surface area contributed by atoms with Crippen LogP contribution in [-0.4, -0.2) is 21.2 Å². The predicted molar refractivity (Wildman–Crippen MR) is 104 cm³/mol. The van der Waals surface area contributed by atoms with Crippen molar-refractivity contribution in [2.24, 2.45) is 0 Å². The van der Waals surface area contributed by atoms with Crippen molar-refractivity contribution in [3.63, 3.8) is 0 Å². The first-order valence-electron chi connectivity index (χ1n) is 8.56. The van der Waals surface area contributed by atoms with Crippen molar-refractivity contribution in [2.75, 3.05) is 0 Å². The molecule has 0 radical (unpaired) electrons. The van der Waals surface area contributed by atoms with Crippen LogP contribution in [0, 0.1) is 5.82 Å². The van der Waals surface area contributed by atoms with Gasteiger partial charge in [-0.2, -0.15) is 5.10 Å². The molecule has 0 aliphatic heterocycles. The van der Waals surface area contributed by atoms with Crippen LogP contribution < -0.4 is 10.3 Å². The highest BCUT2D eigenvalue weighted by molar-refractivity contribution is 7.09. The second-order valence-corrected chi connectivity index (χ2v) is 6.94. The van der Waals surface area contributed by atoms with E-state index in [-0.39, 0.29) is 30.3 Å². The minimum atomic E-state index is -0.658. The second-order valence-electron chi connectivity index (χ2n) is 6.00. The number of rotatable bonds is 6. The number of hydrogen-bond donors (Lipinski definition) is 1. The molecule has 0 saturated carbocycles. The minimum Gasteiger partial charge on any atom is -0.486 e. The first-order chi connectivity index (χ1) is 14.1. The summed E-state index contributed by atoms with van der Waals surface area (Å²) < 4.78 is 23.7. The average molecular weight is 411 g/mol. The molecule has 0 bridgehead atoms. The number of carbonyl (C=O) groups excluding carboxylic acids is 1. The number of aromatic nitrogens is 3. The standard InChI is InChI=1S/C20H14FN3O4S/c21-12-5-7-14(8-6-12)27-10-17-22-13(11-29-17)9-28-20(26)18-15-3-1-2-4-16(15)19(25)24-23-18/h1-8,11H,9-10H2,(H,24,25). The zero-order valence-corrected chi connectivity index (χ0v) is 15.7. The number of nitrogens with zero attached hydrogens (tertiary/aromatic N) is 2. The van der Waals surface area contributed by atoms with E-state index in [1.165, 1.54) is 35.6 Å². The van der Waals surface area contributed by atoms with Gasteiger partial charge in [-0.1, -0.05) is 18.2 Å². The fourth-order valence-electron chi connectivity index (χ4n) is 2.64. The van der Waals surface area contributed by atoms with E-state index in [2.05, 4.69) is 15.2 Å². The maximum atomic E-state index is 12.9. The van der Waals surface area contributed by atoms with Crippen LogP contribution in [0.2, 0.25) is 0 Å². The smallest absolute Gasteiger partial charge is 0.359 e. The molecular weight excluding hydrogens is 397 g/mol. The van der Waals surface area contributed by atoms with Crippen molar-refractivity contribution in [3.8, 4) is 5.75 Å². The van der Waals surface area contributed by atoms with Crippen LogP contribution in [0.15, 0.2) is 58.7 Å². The van der Waals surface area contributed by atoms with Crippen LogP contribution in [0.1, 0.15) is 21.2 Å². The Kier molecular flexibility index (Phi) is 5.30. The Labute approximate surface area is 167 Å². The number of fused-ring (bicyclic) bond motifs is 1. The average Bonchev–Trinajstić information content (AvgIpc) is 3.20. The lowest BCUT2D eigenvalue weighted by Crippen LogP contribution is -2.16. The molecule has 0 saturated heterocycles. The van der Waals surface area contributed by atoms with E-state index >= 15 is 0 Å². The van der Waals surface area contributed by atoms with E-state index < -0.39 is 5.97 Å². The Morgan fingerprint density at radius 2 is 1.83 bits per heavy atom. The topological polar surface area (TPSA) is 94.2 Å². The third-order valence-corrected chi connectivity index (χ3v) is 4.89. The number of H-pyrrole nitrogens is 1. The Balaban J connectivity index is 1.39. The Bertz CT molecular complexity index is 1220. The number of thiazole rings is 1. The van der Waals surface area contributed by atoms with Gasteiger partial charge in [-0.15, -0.1) is 11.3 Å². The molecule has 0 atom stereocenters. The van der Waals surface area contributed by atoms with Gasteiger partial charge < -0.3 is 9.47 Å². The normalized spacial score (nSPS) is 10.8. The first-order valence-corrected chi connectivity index (χ1v) is 9.44. The third-order valence-electron chi connectivity index (χ3n) is 4.02. The Morgan fingerprint density at radius 1 is 1.07 bits per heavy atom. The molecule has 146 valence electrons. The van der Waals surface area contributed by atoms with Crippen LogP contribution >= 0.6 is 11.3 Å². The van der Waals surface area contributed by atoms with Crippen LogP contribution in [0.4, 0.5) is 4.39 Å². The monoisotopic (exact) mass is 411 g/mol. The molecule has 29 heavy (non-hydrogen) atoms. The van der Waals surface area contributed by atoms with E-state index in [1.807, 2.05) is 0 Å². The van der Waals surface area contributed by atoms with E-state index in [1.54, 1.807) is 29.6 Å². The molecule has 0 aliphatic carbocycles. The highest BCUT2D eigenvalue weighted by Gasteiger charge is 2.16. The van der Waals surface area contributed by atoms with Gasteiger partial charge in [0.05, 0.1) is 11.1 Å². The number of ether oxygens (including phenoxy) is 2. The SMILES string of the molecule is O=C(OCc1csc(COc2ccc(F)cc2)n1)c1n[nH]c(=O)c2ccccc12. The largest absolute Gasteiger partial charge is 0.486 e. The fourth-order valence-corrected chi connectivity index (χ4v) is 3.33. The van der Waals surface area contributed by atoms with Crippen molar-refractivity contribution < 1.29 is 18.7 Å². The molecule has 2 aromatic carbocycles. The van der Waals surface area contributed by atoms with Gasteiger partial charge >= 0.3 is 5.97 Å². The van der Waals surface area contributed by atoms with Gasteiger partial charge in [0, 0.05) is 10.8 Å². The highest BCUT2D eigenvalue weighted by atomic mass is 32.1. The number of carbonyl (C=O) groups is 1. The summed E-state index contributed by atoms with van der Waals surface area (Å²) >= 11 is 1.36. The van der Waals surface area contributed by atoms with Crippen molar-refractivity contribution in [3.05, 3.63) is 86.5 Å². The van der Waals surface area contributed by atoms with Crippen LogP contribution in [0.5, 0.6) is 5.75 Å². The molecule has 0 fully saturated rings. The number of aromatic amines is 1. The number of nitrogens with one attached hydrogen (secondary N) is 1. The van der Waals surface area contributed by atoms with Gasteiger partial charge in [-0.25, -0.2) is 19.3 Å². The lowest BCUT2D eigenvalue weighted by atomic mass is 10.1. The predicted octanol–water partition coefficient (Wildman–Crippen LogP) is 3.45. The lowest BCUT2D eigenvalue weighted by Gasteiger charge is -2.05. The maximum absolute atomic E-state index is 12.9. The molecule has 0 unspecified atom stereocenters. The quantitative estimate of drug-likeness (QED) is 0.489. The number of esters is 1. The van der Waals surface area contributed by atoms with Gasteiger partial charge in [-0.05, 0) is 30.3 Å². The first kappa shape index (κ1) is 18.8. The molecule has 7 nitrogen and oxygen atoms in total. The van der Waals surface area contributed by atoms with Gasteiger partial charge in [0.2, 0.25) is 0 Å². The van der Waals surface area contributed by atoms with E-state index in [4.69, 9.17) is 9.47 Å². The lowest BCUT2D eigenvalue weighted by molar-refractivity contribution is 0.0462. The summed E-state index contributed by atoms with van der Waals surface area (Å²) in [5, 5.41) is 9.35. The number of halogens is 1. The summed E-state index contributed by atoms with van der Waals surface area (Å²) in [6.07, 6.45) is 0. The molecule has 0 aliphatic rings. The highest BCUT2D eigenvalue weighted by Crippen LogP contribution is 2.18. The molecule has 4 rings (SSSR count). The van der Waals surface area contributed by atoms with Crippen LogP contribution in [-0.2, 0) is 18.0 Å². The van der Waals surface area contributed by atoms with Crippen LogP contribution in [0.25, 0.3) is 10.8 Å².